The van der Waals surface area contributed by atoms with Crippen LogP contribution in [0.15, 0.2) is 22.7 Å². The van der Waals surface area contributed by atoms with Gasteiger partial charge in [0.2, 0.25) is 0 Å². The summed E-state index contributed by atoms with van der Waals surface area (Å²) in [5.74, 6) is 6.15. The van der Waals surface area contributed by atoms with E-state index in [9.17, 15) is 0 Å². The van der Waals surface area contributed by atoms with Crippen molar-refractivity contribution in [2.75, 3.05) is 5.88 Å². The molecule has 0 aliphatic rings. The first-order valence-corrected chi connectivity index (χ1v) is 4.88. The van der Waals surface area contributed by atoms with Gasteiger partial charge in [0.05, 0.1) is 5.88 Å². The molecule has 1 aromatic carbocycles. The van der Waals surface area contributed by atoms with Gasteiger partial charge in [-0.2, -0.15) is 0 Å². The molecule has 0 N–H and O–H groups in total. The molecule has 0 spiro atoms. The Bertz CT molecular complexity index is 333. The van der Waals surface area contributed by atoms with Crippen molar-refractivity contribution < 1.29 is 0 Å². The summed E-state index contributed by atoms with van der Waals surface area (Å²) in [5, 5.41) is 0. The van der Waals surface area contributed by atoms with Crippen LogP contribution in [0.2, 0.25) is 0 Å². The fourth-order valence-corrected chi connectivity index (χ4v) is 1.17. The van der Waals surface area contributed by atoms with Gasteiger partial charge in [-0.1, -0.05) is 27.8 Å². The monoisotopic (exact) mass is 242 g/mol. The van der Waals surface area contributed by atoms with Gasteiger partial charge in [-0.05, 0) is 30.7 Å². The van der Waals surface area contributed by atoms with Crippen molar-refractivity contribution in [1.82, 2.24) is 0 Å². The van der Waals surface area contributed by atoms with Crippen LogP contribution in [0, 0.1) is 18.8 Å². The molecule has 0 unspecified atom stereocenters. The maximum absolute atomic E-state index is 5.44. The van der Waals surface area contributed by atoms with Crippen LogP contribution in [-0.2, 0) is 0 Å². The molecule has 0 heterocycles. The highest BCUT2D eigenvalue weighted by Crippen LogP contribution is 2.16. The number of benzene rings is 1. The van der Waals surface area contributed by atoms with Crippen LogP contribution < -0.4 is 0 Å². The maximum Gasteiger partial charge on any atom is 0.0839 e. The zero-order valence-electron chi connectivity index (χ0n) is 6.70. The predicted octanol–water partition coefficient (Wildman–Crippen LogP) is 3.35. The van der Waals surface area contributed by atoms with Crippen LogP contribution in [-0.4, -0.2) is 5.88 Å². The van der Waals surface area contributed by atoms with E-state index < -0.39 is 0 Å². The molecule has 0 saturated heterocycles. The van der Waals surface area contributed by atoms with E-state index in [1.54, 1.807) is 0 Å². The van der Waals surface area contributed by atoms with E-state index in [1.807, 2.05) is 25.1 Å². The topological polar surface area (TPSA) is 0 Å². The maximum atomic E-state index is 5.44. The van der Waals surface area contributed by atoms with Crippen LogP contribution in [0.5, 0.6) is 0 Å². The van der Waals surface area contributed by atoms with Crippen molar-refractivity contribution >= 4 is 27.5 Å². The Morgan fingerprint density at radius 2 is 2.25 bits per heavy atom. The largest absolute Gasteiger partial charge is 0.113 e. The fraction of sp³-hybridized carbons (Fsp3) is 0.200. The zero-order valence-corrected chi connectivity index (χ0v) is 9.04. The van der Waals surface area contributed by atoms with Crippen LogP contribution >= 0.6 is 27.5 Å². The number of hydrogen-bond acceptors (Lipinski definition) is 0. The molecule has 0 saturated carbocycles. The third-order valence-electron chi connectivity index (χ3n) is 1.46. The van der Waals surface area contributed by atoms with Crippen LogP contribution in [0.25, 0.3) is 0 Å². The van der Waals surface area contributed by atoms with E-state index in [-0.39, 0.29) is 0 Å². The summed E-state index contributed by atoms with van der Waals surface area (Å²) >= 11 is 8.86. The first kappa shape index (κ1) is 9.64. The Labute approximate surface area is 86.1 Å². The lowest BCUT2D eigenvalue weighted by Gasteiger charge is -1.96. The second kappa shape index (κ2) is 4.54. The number of halogens is 2. The van der Waals surface area contributed by atoms with E-state index >= 15 is 0 Å². The quantitative estimate of drug-likeness (QED) is 0.484. The van der Waals surface area contributed by atoms with Crippen LogP contribution in [0.4, 0.5) is 0 Å². The van der Waals surface area contributed by atoms with Gasteiger partial charge in [0, 0.05) is 10.0 Å². The molecule has 0 nitrogen and oxygen atoms in total. The molecule has 0 aliphatic heterocycles. The van der Waals surface area contributed by atoms with Gasteiger partial charge < -0.3 is 0 Å². The second-order valence-electron chi connectivity index (χ2n) is 2.40. The van der Waals surface area contributed by atoms with Crippen LogP contribution in [0.1, 0.15) is 11.1 Å². The number of rotatable bonds is 0. The zero-order chi connectivity index (χ0) is 8.97. The first-order valence-electron chi connectivity index (χ1n) is 3.55. The van der Waals surface area contributed by atoms with E-state index in [2.05, 4.69) is 27.8 Å². The van der Waals surface area contributed by atoms with Crippen molar-refractivity contribution in [2.45, 2.75) is 6.92 Å². The van der Waals surface area contributed by atoms with Gasteiger partial charge in [0.25, 0.3) is 0 Å². The average molecular weight is 244 g/mol. The van der Waals surface area contributed by atoms with Gasteiger partial charge in [-0.3, -0.25) is 0 Å². The summed E-state index contributed by atoms with van der Waals surface area (Å²) in [7, 11) is 0. The highest BCUT2D eigenvalue weighted by Gasteiger charge is 1.93. The van der Waals surface area contributed by atoms with Gasteiger partial charge >= 0.3 is 0 Å². The Morgan fingerprint density at radius 1 is 1.50 bits per heavy atom. The standard InChI is InChI=1S/C10H8BrCl/c1-8-7-9(3-2-6-12)4-5-10(8)11/h4-5,7H,6H2,1H3. The molecule has 0 aliphatic carbocycles. The number of hydrogen-bond donors (Lipinski definition) is 0. The minimum atomic E-state index is 0.384. The van der Waals surface area contributed by atoms with Gasteiger partial charge in [-0.25, -0.2) is 0 Å². The van der Waals surface area contributed by atoms with E-state index in [0.717, 1.165) is 10.0 Å². The van der Waals surface area contributed by atoms with Crippen molar-refractivity contribution in [3.05, 3.63) is 33.8 Å². The Balaban J connectivity index is 2.97. The molecule has 0 amide bonds. The van der Waals surface area contributed by atoms with E-state index in [0.29, 0.717) is 5.88 Å². The number of aryl methyl sites for hydroxylation is 1. The highest BCUT2D eigenvalue weighted by atomic mass is 79.9. The molecule has 0 fully saturated rings. The normalized spacial score (nSPS) is 8.92. The third kappa shape index (κ3) is 2.55. The highest BCUT2D eigenvalue weighted by molar-refractivity contribution is 9.10. The molecule has 0 radical (unpaired) electrons. The second-order valence-corrected chi connectivity index (χ2v) is 3.52. The molecule has 0 bridgehead atoms. The van der Waals surface area contributed by atoms with Crippen molar-refractivity contribution in [3.8, 4) is 11.8 Å². The lowest BCUT2D eigenvalue weighted by molar-refractivity contribution is 1.42. The Kier molecular flexibility index (Phi) is 3.65. The molecular weight excluding hydrogens is 235 g/mol. The first-order chi connectivity index (χ1) is 5.74. The number of alkyl halides is 1. The predicted molar refractivity (Wildman–Crippen MR) is 56.5 cm³/mol. The summed E-state index contributed by atoms with van der Waals surface area (Å²) in [6.07, 6.45) is 0. The fourth-order valence-electron chi connectivity index (χ4n) is 0.858. The van der Waals surface area contributed by atoms with Crippen molar-refractivity contribution in [1.29, 1.82) is 0 Å². The Hall–Kier alpha value is -0.450. The summed E-state index contributed by atoms with van der Waals surface area (Å²) in [5.41, 5.74) is 2.20. The molecule has 1 rings (SSSR count). The van der Waals surface area contributed by atoms with Gasteiger partial charge in [-0.15, -0.1) is 11.6 Å². The Morgan fingerprint density at radius 3 is 2.83 bits per heavy atom. The molecule has 0 aromatic heterocycles. The molecule has 62 valence electrons. The third-order valence-corrected chi connectivity index (χ3v) is 2.48. The van der Waals surface area contributed by atoms with Gasteiger partial charge in [0.15, 0.2) is 0 Å². The molecule has 2 heteroatoms. The lowest BCUT2D eigenvalue weighted by Crippen LogP contribution is -1.79. The minimum Gasteiger partial charge on any atom is -0.113 e. The summed E-state index contributed by atoms with van der Waals surface area (Å²) < 4.78 is 1.11. The SMILES string of the molecule is Cc1cc(C#CCCl)ccc1Br. The average Bonchev–Trinajstić information content (AvgIpc) is 2.07. The van der Waals surface area contributed by atoms with Crippen molar-refractivity contribution in [2.24, 2.45) is 0 Å². The molecular formula is C10H8BrCl. The summed E-state index contributed by atoms with van der Waals surface area (Å²) in [4.78, 5) is 0. The molecule has 1 aromatic rings. The summed E-state index contributed by atoms with van der Waals surface area (Å²) in [6, 6.07) is 5.99. The lowest BCUT2D eigenvalue weighted by atomic mass is 10.1. The van der Waals surface area contributed by atoms with Gasteiger partial charge in [0.1, 0.15) is 0 Å². The summed E-state index contributed by atoms with van der Waals surface area (Å²) in [6.45, 7) is 2.04. The van der Waals surface area contributed by atoms with Crippen molar-refractivity contribution in [3.63, 3.8) is 0 Å². The molecule has 12 heavy (non-hydrogen) atoms. The molecule has 0 atom stereocenters. The van der Waals surface area contributed by atoms with E-state index in [1.165, 1.54) is 5.56 Å². The van der Waals surface area contributed by atoms with Crippen LogP contribution in [0.3, 0.4) is 0 Å². The van der Waals surface area contributed by atoms with E-state index in [4.69, 9.17) is 11.6 Å². The smallest absolute Gasteiger partial charge is 0.0839 e. The minimum absolute atomic E-state index is 0.384.